The molecule has 0 spiro atoms. The Bertz CT molecular complexity index is 1140. The zero-order valence-electron chi connectivity index (χ0n) is 18.1. The van der Waals surface area contributed by atoms with Crippen molar-refractivity contribution in [3.8, 4) is 11.4 Å². The van der Waals surface area contributed by atoms with Crippen LogP contribution >= 0.6 is 0 Å². The Kier molecular flexibility index (Phi) is 6.35. The van der Waals surface area contributed by atoms with Gasteiger partial charge in [-0.15, -0.1) is 5.16 Å². The van der Waals surface area contributed by atoms with Crippen molar-refractivity contribution < 1.29 is 14.7 Å². The van der Waals surface area contributed by atoms with Gasteiger partial charge in [0.2, 0.25) is 5.91 Å². The first kappa shape index (κ1) is 21.4. The van der Waals surface area contributed by atoms with Gasteiger partial charge < -0.3 is 19.4 Å². The molecule has 1 amide bonds. The molecule has 0 unspecified atom stereocenters. The molecule has 1 aliphatic rings. The topological polar surface area (TPSA) is 80.0 Å². The van der Waals surface area contributed by atoms with E-state index in [-0.39, 0.29) is 17.7 Å². The maximum absolute atomic E-state index is 12.9. The minimum Gasteiger partial charge on any atom is -0.495 e. The lowest BCUT2D eigenvalue weighted by molar-refractivity contribution is -0.125. The number of rotatable bonds is 6. The third-order valence-electron chi connectivity index (χ3n) is 5.77. The number of aromatic nitrogens is 2. The number of carbonyl (C=O) groups is 1. The van der Waals surface area contributed by atoms with Crippen molar-refractivity contribution in [3.05, 3.63) is 84.0 Å². The molecule has 7 heteroatoms. The van der Waals surface area contributed by atoms with Crippen LogP contribution in [-0.4, -0.2) is 52.0 Å². The van der Waals surface area contributed by atoms with Crippen molar-refractivity contribution in [2.45, 2.75) is 12.8 Å². The molecular weight excluding hydrogens is 404 g/mol. The van der Waals surface area contributed by atoms with Gasteiger partial charge in [0, 0.05) is 43.4 Å². The van der Waals surface area contributed by atoms with Crippen LogP contribution < -0.4 is 4.74 Å². The summed E-state index contributed by atoms with van der Waals surface area (Å²) in [6, 6.07) is 15.8. The second kappa shape index (κ2) is 9.51. The molecule has 0 saturated carbocycles. The normalized spacial score (nSPS) is 18.6. The fraction of sp³-hybridized carbons (Fsp3) is 0.240. The predicted molar refractivity (Wildman–Crippen MR) is 123 cm³/mol. The Balaban J connectivity index is 1.49. The van der Waals surface area contributed by atoms with E-state index in [0.717, 1.165) is 22.5 Å². The molecule has 1 N–H and O–H groups in total. The number of methoxy groups -OCH3 is 1. The molecule has 32 heavy (non-hydrogen) atoms. The van der Waals surface area contributed by atoms with E-state index in [4.69, 9.17) is 9.94 Å². The van der Waals surface area contributed by atoms with Crippen LogP contribution in [0.5, 0.6) is 5.75 Å². The molecule has 4 rings (SSSR count). The fourth-order valence-electron chi connectivity index (χ4n) is 4.14. The lowest BCUT2D eigenvalue weighted by Crippen LogP contribution is -2.27. The SMILES string of the molecule is COc1cc(/C=C/C(=O)N2C[C@@H](/C=N/O)[C@H](c3ccccc3)C2)ccc1-n1cnc(C)c1. The Morgan fingerprint density at radius 3 is 2.72 bits per heavy atom. The van der Waals surface area contributed by atoms with E-state index in [2.05, 4.69) is 10.1 Å². The van der Waals surface area contributed by atoms with Crippen LogP contribution in [-0.2, 0) is 4.79 Å². The molecule has 7 nitrogen and oxygen atoms in total. The number of amides is 1. The number of hydrogen-bond donors (Lipinski definition) is 1. The van der Waals surface area contributed by atoms with Crippen molar-refractivity contribution in [1.82, 2.24) is 14.5 Å². The molecule has 3 aromatic rings. The molecule has 0 aliphatic carbocycles. The van der Waals surface area contributed by atoms with Crippen LogP contribution in [0.2, 0.25) is 0 Å². The second-order valence-corrected chi connectivity index (χ2v) is 7.88. The average molecular weight is 431 g/mol. The highest BCUT2D eigenvalue weighted by Gasteiger charge is 2.34. The summed E-state index contributed by atoms with van der Waals surface area (Å²) in [5.74, 6) is 0.690. The molecular formula is C25H26N4O3. The van der Waals surface area contributed by atoms with E-state index in [1.54, 1.807) is 30.5 Å². The zero-order chi connectivity index (χ0) is 22.5. The molecule has 2 aromatic carbocycles. The molecule has 1 saturated heterocycles. The van der Waals surface area contributed by atoms with E-state index in [1.807, 2.05) is 66.2 Å². The molecule has 0 bridgehead atoms. The van der Waals surface area contributed by atoms with Crippen LogP contribution in [0.25, 0.3) is 11.8 Å². The number of oxime groups is 1. The van der Waals surface area contributed by atoms with Crippen molar-refractivity contribution in [2.24, 2.45) is 11.1 Å². The summed E-state index contributed by atoms with van der Waals surface area (Å²) >= 11 is 0. The number of aryl methyl sites for hydroxylation is 1. The highest BCUT2D eigenvalue weighted by Crippen LogP contribution is 2.32. The van der Waals surface area contributed by atoms with E-state index >= 15 is 0 Å². The maximum Gasteiger partial charge on any atom is 0.246 e. The summed E-state index contributed by atoms with van der Waals surface area (Å²) < 4.78 is 7.45. The zero-order valence-corrected chi connectivity index (χ0v) is 18.1. The molecule has 0 radical (unpaired) electrons. The fourth-order valence-corrected chi connectivity index (χ4v) is 4.14. The van der Waals surface area contributed by atoms with Crippen molar-refractivity contribution >= 4 is 18.2 Å². The highest BCUT2D eigenvalue weighted by molar-refractivity contribution is 5.92. The van der Waals surface area contributed by atoms with E-state index in [0.29, 0.717) is 18.8 Å². The monoisotopic (exact) mass is 430 g/mol. The van der Waals surface area contributed by atoms with E-state index in [9.17, 15) is 4.79 Å². The average Bonchev–Trinajstić information content (AvgIpc) is 3.44. The van der Waals surface area contributed by atoms with Crippen LogP contribution in [0.3, 0.4) is 0 Å². The lowest BCUT2D eigenvalue weighted by Gasteiger charge is -2.15. The van der Waals surface area contributed by atoms with Gasteiger partial charge in [-0.05, 0) is 36.3 Å². The summed E-state index contributed by atoms with van der Waals surface area (Å²) in [6.45, 7) is 3.02. The first-order valence-electron chi connectivity index (χ1n) is 10.5. The molecule has 2 heterocycles. The van der Waals surface area contributed by atoms with Crippen LogP contribution in [0.1, 0.15) is 22.7 Å². The Morgan fingerprint density at radius 2 is 2.03 bits per heavy atom. The van der Waals surface area contributed by atoms with Gasteiger partial charge in [-0.3, -0.25) is 4.79 Å². The van der Waals surface area contributed by atoms with Gasteiger partial charge in [0.25, 0.3) is 0 Å². The first-order chi connectivity index (χ1) is 15.6. The number of carbonyl (C=O) groups excluding carboxylic acids is 1. The molecule has 2 atom stereocenters. The smallest absolute Gasteiger partial charge is 0.246 e. The molecule has 164 valence electrons. The summed E-state index contributed by atoms with van der Waals surface area (Å²) in [5.41, 5.74) is 3.80. The number of nitrogens with zero attached hydrogens (tertiary/aromatic N) is 4. The highest BCUT2D eigenvalue weighted by atomic mass is 16.5. The van der Waals surface area contributed by atoms with Crippen LogP contribution in [0, 0.1) is 12.8 Å². The van der Waals surface area contributed by atoms with E-state index in [1.165, 1.54) is 6.21 Å². The Hall–Kier alpha value is -3.87. The van der Waals surface area contributed by atoms with Gasteiger partial charge >= 0.3 is 0 Å². The summed E-state index contributed by atoms with van der Waals surface area (Å²) in [5, 5.41) is 12.3. The predicted octanol–water partition coefficient (Wildman–Crippen LogP) is 3.90. The van der Waals surface area contributed by atoms with Crippen LogP contribution in [0.15, 0.2) is 72.3 Å². The Morgan fingerprint density at radius 1 is 1.22 bits per heavy atom. The van der Waals surface area contributed by atoms with Crippen molar-refractivity contribution in [2.75, 3.05) is 20.2 Å². The second-order valence-electron chi connectivity index (χ2n) is 7.88. The quantitative estimate of drug-likeness (QED) is 0.278. The van der Waals surface area contributed by atoms with E-state index < -0.39 is 0 Å². The minimum atomic E-state index is -0.0759. The maximum atomic E-state index is 12.9. The summed E-state index contributed by atoms with van der Waals surface area (Å²) in [7, 11) is 1.62. The van der Waals surface area contributed by atoms with Gasteiger partial charge in [0.1, 0.15) is 5.75 Å². The number of benzene rings is 2. The van der Waals surface area contributed by atoms with Crippen molar-refractivity contribution in [1.29, 1.82) is 0 Å². The van der Waals surface area contributed by atoms with Crippen LogP contribution in [0.4, 0.5) is 0 Å². The number of hydrogen-bond acceptors (Lipinski definition) is 5. The standard InChI is InChI=1S/C25H26N4O3/c1-18-14-29(17-26-18)23-10-8-19(12-24(23)32-2)9-11-25(30)28-15-21(13-27-31)22(16-28)20-6-4-3-5-7-20/h3-14,17,21-22,31H,15-16H2,1-2H3/b11-9+,27-13+/t21-,22+/m1/s1. The molecule has 1 fully saturated rings. The number of imidazole rings is 1. The van der Waals surface area contributed by atoms with Gasteiger partial charge in [0.15, 0.2) is 0 Å². The largest absolute Gasteiger partial charge is 0.495 e. The van der Waals surface area contributed by atoms with Gasteiger partial charge in [-0.1, -0.05) is 36.4 Å². The number of ether oxygens (including phenoxy) is 1. The van der Waals surface area contributed by atoms with Gasteiger partial charge in [0.05, 0.1) is 24.8 Å². The molecule has 1 aromatic heterocycles. The Labute approximate surface area is 187 Å². The van der Waals surface area contributed by atoms with Crippen molar-refractivity contribution in [3.63, 3.8) is 0 Å². The summed E-state index contributed by atoms with van der Waals surface area (Å²) in [6.07, 6.45) is 8.57. The third kappa shape index (κ3) is 4.56. The van der Waals surface area contributed by atoms with Gasteiger partial charge in [-0.25, -0.2) is 4.98 Å². The minimum absolute atomic E-state index is 0.0298. The lowest BCUT2D eigenvalue weighted by atomic mass is 9.90. The number of likely N-dealkylation sites (tertiary alicyclic amines) is 1. The van der Waals surface area contributed by atoms with Gasteiger partial charge in [-0.2, -0.15) is 0 Å². The first-order valence-corrected chi connectivity index (χ1v) is 10.5. The summed E-state index contributed by atoms with van der Waals surface area (Å²) in [4.78, 5) is 18.9. The molecule has 1 aliphatic heterocycles. The third-order valence-corrected chi connectivity index (χ3v) is 5.77.